The summed E-state index contributed by atoms with van der Waals surface area (Å²) in [5.74, 6) is 1.22. The van der Waals surface area contributed by atoms with Crippen LogP contribution in [0.15, 0.2) is 22.9 Å². The number of aromatic nitrogens is 3. The van der Waals surface area contributed by atoms with Gasteiger partial charge in [0.15, 0.2) is 6.29 Å². The number of hydrogen-bond acceptors (Lipinski definition) is 4. The zero-order valence-electron chi connectivity index (χ0n) is 14.3. The summed E-state index contributed by atoms with van der Waals surface area (Å²) in [5.41, 5.74) is 4.01. The van der Waals surface area contributed by atoms with Crippen molar-refractivity contribution in [3.63, 3.8) is 0 Å². The molecule has 0 radical (unpaired) electrons. The van der Waals surface area contributed by atoms with Crippen molar-refractivity contribution in [2.24, 2.45) is 11.8 Å². The molecular weight excluding hydrogens is 326 g/mol. The molecule has 0 spiro atoms. The van der Waals surface area contributed by atoms with E-state index in [1.807, 2.05) is 18.5 Å². The minimum Gasteiger partial charge on any atom is -0.364 e. The molecule has 0 bridgehead atoms. The van der Waals surface area contributed by atoms with Crippen LogP contribution in [-0.2, 0) is 6.54 Å². The van der Waals surface area contributed by atoms with Crippen LogP contribution in [0.4, 0.5) is 0 Å². The molecule has 6 heteroatoms. The molecule has 24 heavy (non-hydrogen) atoms. The van der Waals surface area contributed by atoms with Gasteiger partial charge in [0.25, 0.3) is 0 Å². The van der Waals surface area contributed by atoms with E-state index in [2.05, 4.69) is 17.0 Å². The Labute approximate surface area is 147 Å². The summed E-state index contributed by atoms with van der Waals surface area (Å²) in [4.78, 5) is 4.33. The molecule has 3 rings (SSSR count). The lowest BCUT2D eigenvalue weighted by Crippen LogP contribution is -2.14. The van der Waals surface area contributed by atoms with E-state index in [1.165, 1.54) is 24.6 Å². The molecule has 2 aromatic heterocycles. The van der Waals surface area contributed by atoms with E-state index in [0.717, 1.165) is 34.1 Å². The van der Waals surface area contributed by atoms with Gasteiger partial charge in [0.05, 0.1) is 17.8 Å². The molecule has 0 saturated heterocycles. The molecule has 130 valence electrons. The van der Waals surface area contributed by atoms with Gasteiger partial charge in [-0.05, 0) is 56.6 Å². The van der Waals surface area contributed by atoms with Crippen molar-refractivity contribution in [3.8, 4) is 0 Å². The molecular formula is C18H24ClN3O2. The largest absolute Gasteiger partial charge is 0.364 e. The highest BCUT2D eigenvalue weighted by atomic mass is 35.5. The Morgan fingerprint density at radius 1 is 1.42 bits per heavy atom. The number of aliphatic hydroxyl groups excluding tert-OH is 1. The average molecular weight is 350 g/mol. The molecule has 2 aromatic rings. The summed E-state index contributed by atoms with van der Waals surface area (Å²) in [7, 11) is 0. The smallest absolute Gasteiger partial charge is 0.180 e. The number of hydrogen-bond donors (Lipinski definition) is 2. The number of halogens is 1. The van der Waals surface area contributed by atoms with Crippen LogP contribution >= 0.6 is 11.6 Å². The Hall–Kier alpha value is -1.43. The van der Waals surface area contributed by atoms with Gasteiger partial charge in [-0.15, -0.1) is 0 Å². The third-order valence-corrected chi connectivity index (χ3v) is 5.16. The van der Waals surface area contributed by atoms with Crippen LogP contribution in [0, 0.1) is 18.8 Å². The first-order chi connectivity index (χ1) is 11.4. The molecule has 5 nitrogen and oxygen atoms in total. The van der Waals surface area contributed by atoms with Gasteiger partial charge in [-0.2, -0.15) is 5.10 Å². The van der Waals surface area contributed by atoms with E-state index in [1.54, 1.807) is 6.07 Å². The van der Waals surface area contributed by atoms with E-state index in [-0.39, 0.29) is 0 Å². The summed E-state index contributed by atoms with van der Waals surface area (Å²) in [6.45, 7) is 6.68. The second kappa shape index (κ2) is 6.82. The standard InChI is InChI=1S/C18H24ClN3O2/c1-4-14(12-5-6-12)15(10(2)19)9-22-16-7-13(18(23)24)8-20-17(16)11(3)21-22/h7-8,12,14,18,23-24H,4-6,9H2,1-3H3/b15-10+. The van der Waals surface area contributed by atoms with Gasteiger partial charge >= 0.3 is 0 Å². The Kier molecular flexibility index (Phi) is 4.95. The highest BCUT2D eigenvalue weighted by Crippen LogP contribution is 2.44. The summed E-state index contributed by atoms with van der Waals surface area (Å²) < 4.78 is 1.88. The fourth-order valence-corrected chi connectivity index (χ4v) is 3.69. The molecule has 2 N–H and O–H groups in total. The van der Waals surface area contributed by atoms with E-state index in [9.17, 15) is 10.2 Å². The number of rotatable bonds is 6. The van der Waals surface area contributed by atoms with Crippen LogP contribution in [-0.4, -0.2) is 25.0 Å². The monoisotopic (exact) mass is 349 g/mol. The van der Waals surface area contributed by atoms with Crippen LogP contribution < -0.4 is 0 Å². The molecule has 1 saturated carbocycles. The van der Waals surface area contributed by atoms with Gasteiger partial charge in [-0.25, -0.2) is 0 Å². The molecule has 1 aliphatic carbocycles. The third-order valence-electron chi connectivity index (χ3n) is 4.92. The summed E-state index contributed by atoms with van der Waals surface area (Å²) in [6, 6.07) is 1.74. The van der Waals surface area contributed by atoms with E-state index < -0.39 is 6.29 Å². The van der Waals surface area contributed by atoms with Crippen LogP contribution in [0.2, 0.25) is 0 Å². The maximum atomic E-state index is 9.41. The van der Waals surface area contributed by atoms with E-state index >= 15 is 0 Å². The Morgan fingerprint density at radius 3 is 2.67 bits per heavy atom. The van der Waals surface area contributed by atoms with Gasteiger partial charge in [0.2, 0.25) is 0 Å². The average Bonchev–Trinajstić information content (AvgIpc) is 3.32. The van der Waals surface area contributed by atoms with Crippen molar-refractivity contribution < 1.29 is 10.2 Å². The van der Waals surface area contributed by atoms with Crippen molar-refractivity contribution in [2.45, 2.75) is 52.9 Å². The lowest BCUT2D eigenvalue weighted by atomic mass is 9.91. The minimum absolute atomic E-state index is 0.367. The molecule has 1 fully saturated rings. The maximum Gasteiger partial charge on any atom is 0.180 e. The number of fused-ring (bicyclic) bond motifs is 1. The number of nitrogens with zero attached hydrogens (tertiary/aromatic N) is 3. The third kappa shape index (κ3) is 3.34. The van der Waals surface area contributed by atoms with Crippen LogP contribution in [0.3, 0.4) is 0 Å². The first-order valence-electron chi connectivity index (χ1n) is 8.46. The number of pyridine rings is 1. The van der Waals surface area contributed by atoms with E-state index in [0.29, 0.717) is 18.0 Å². The quantitative estimate of drug-likeness (QED) is 0.780. The van der Waals surface area contributed by atoms with Gasteiger partial charge in [-0.3, -0.25) is 9.67 Å². The van der Waals surface area contributed by atoms with Crippen molar-refractivity contribution in [1.29, 1.82) is 0 Å². The first-order valence-corrected chi connectivity index (χ1v) is 8.84. The topological polar surface area (TPSA) is 71.2 Å². The van der Waals surface area contributed by atoms with Gasteiger partial charge in [0.1, 0.15) is 5.52 Å². The molecule has 1 atom stereocenters. The molecule has 1 aliphatic rings. The highest BCUT2D eigenvalue weighted by molar-refractivity contribution is 6.29. The Bertz CT molecular complexity index is 774. The van der Waals surface area contributed by atoms with Crippen LogP contribution in [0.1, 0.15) is 50.7 Å². The fourth-order valence-electron chi connectivity index (χ4n) is 3.49. The van der Waals surface area contributed by atoms with Crippen molar-refractivity contribution >= 4 is 22.6 Å². The zero-order valence-corrected chi connectivity index (χ0v) is 15.1. The van der Waals surface area contributed by atoms with Crippen LogP contribution in [0.5, 0.6) is 0 Å². The molecule has 1 unspecified atom stereocenters. The zero-order chi connectivity index (χ0) is 17.4. The minimum atomic E-state index is -1.54. The SMILES string of the molecule is CCC(/C(Cn1nc(C)c2ncc(C(O)O)cc21)=C(\C)Cl)C1CC1. The van der Waals surface area contributed by atoms with Crippen molar-refractivity contribution in [2.75, 3.05) is 0 Å². The second-order valence-electron chi connectivity index (χ2n) is 6.66. The second-order valence-corrected chi connectivity index (χ2v) is 7.23. The predicted molar refractivity (Wildman–Crippen MR) is 94.5 cm³/mol. The lowest BCUT2D eigenvalue weighted by molar-refractivity contribution is -0.0426. The molecule has 0 amide bonds. The number of aliphatic hydroxyl groups is 2. The highest BCUT2D eigenvalue weighted by Gasteiger charge is 2.33. The lowest BCUT2D eigenvalue weighted by Gasteiger charge is -2.20. The first kappa shape index (κ1) is 17.4. The predicted octanol–water partition coefficient (Wildman–Crippen LogP) is 3.67. The van der Waals surface area contributed by atoms with Crippen molar-refractivity contribution in [3.05, 3.63) is 34.1 Å². The van der Waals surface area contributed by atoms with Crippen LogP contribution in [0.25, 0.3) is 11.0 Å². The van der Waals surface area contributed by atoms with Gasteiger partial charge in [0, 0.05) is 16.8 Å². The maximum absolute atomic E-state index is 9.41. The van der Waals surface area contributed by atoms with Crippen molar-refractivity contribution in [1.82, 2.24) is 14.8 Å². The summed E-state index contributed by atoms with van der Waals surface area (Å²) in [6.07, 6.45) is 3.56. The number of aryl methyl sites for hydroxylation is 1. The fraction of sp³-hybridized carbons (Fsp3) is 0.556. The Balaban J connectivity index is 2.01. The molecule has 0 aliphatic heterocycles. The summed E-state index contributed by atoms with van der Waals surface area (Å²) >= 11 is 6.42. The number of allylic oxidation sites excluding steroid dienone is 2. The van der Waals surface area contributed by atoms with Gasteiger partial charge in [-0.1, -0.05) is 18.5 Å². The normalized spacial score (nSPS) is 17.5. The molecule has 2 heterocycles. The Morgan fingerprint density at radius 2 is 2.12 bits per heavy atom. The molecule has 0 aromatic carbocycles. The van der Waals surface area contributed by atoms with E-state index in [4.69, 9.17) is 11.6 Å². The van der Waals surface area contributed by atoms with Gasteiger partial charge < -0.3 is 10.2 Å². The summed E-state index contributed by atoms with van der Waals surface area (Å²) in [5, 5.41) is 24.3.